The average Bonchev–Trinajstić information content (AvgIpc) is 2.40. The smallest absolute Gasteiger partial charge is 0.127 e. The molecule has 0 fully saturated rings. The third kappa shape index (κ3) is 2.67. The van der Waals surface area contributed by atoms with Gasteiger partial charge in [0.1, 0.15) is 5.60 Å². The molecule has 2 rings (SSSR count). The third-order valence-electron chi connectivity index (χ3n) is 2.80. The lowest BCUT2D eigenvalue weighted by Gasteiger charge is -2.27. The van der Waals surface area contributed by atoms with Gasteiger partial charge in [-0.15, -0.1) is 12.4 Å². The largest absolute Gasteiger partial charge is 0.379 e. The van der Waals surface area contributed by atoms with Crippen LogP contribution in [0.4, 0.5) is 0 Å². The van der Waals surface area contributed by atoms with Crippen molar-refractivity contribution in [3.05, 3.63) is 71.8 Å². The molecule has 0 spiro atoms. The van der Waals surface area contributed by atoms with Crippen molar-refractivity contribution in [1.82, 2.24) is 0 Å². The first kappa shape index (κ1) is 13.7. The zero-order valence-electron chi connectivity index (χ0n) is 9.41. The first-order chi connectivity index (χ1) is 7.77. The topological polar surface area (TPSA) is 46.2 Å². The van der Waals surface area contributed by atoms with Gasteiger partial charge in [-0.05, 0) is 11.1 Å². The number of rotatable bonds is 3. The Labute approximate surface area is 108 Å². The van der Waals surface area contributed by atoms with E-state index < -0.39 is 5.60 Å². The summed E-state index contributed by atoms with van der Waals surface area (Å²) in [6.07, 6.45) is 0. The van der Waals surface area contributed by atoms with Crippen molar-refractivity contribution in [2.75, 3.05) is 6.54 Å². The van der Waals surface area contributed by atoms with Gasteiger partial charge in [0, 0.05) is 6.54 Å². The van der Waals surface area contributed by atoms with Gasteiger partial charge in [0.05, 0.1) is 0 Å². The molecular formula is C14H16ClNO. The van der Waals surface area contributed by atoms with Crippen LogP contribution in [-0.4, -0.2) is 11.7 Å². The Kier molecular flexibility index (Phi) is 4.70. The van der Waals surface area contributed by atoms with Crippen LogP contribution in [0.1, 0.15) is 11.1 Å². The predicted molar refractivity (Wildman–Crippen MR) is 72.2 cm³/mol. The van der Waals surface area contributed by atoms with E-state index in [2.05, 4.69) is 0 Å². The van der Waals surface area contributed by atoms with E-state index in [9.17, 15) is 5.11 Å². The highest BCUT2D eigenvalue weighted by molar-refractivity contribution is 5.85. The summed E-state index contributed by atoms with van der Waals surface area (Å²) < 4.78 is 0. The second kappa shape index (κ2) is 5.82. The molecule has 0 heterocycles. The standard InChI is InChI=1S/C14H15NO.ClH/c15-11-14(16,12-7-3-1-4-8-12)13-9-5-2-6-10-13;/h1-10,16H,11,15H2;1H. The van der Waals surface area contributed by atoms with Crippen molar-refractivity contribution in [3.63, 3.8) is 0 Å². The number of nitrogens with two attached hydrogens (primary N) is 1. The van der Waals surface area contributed by atoms with Crippen LogP contribution in [0.3, 0.4) is 0 Å². The average molecular weight is 250 g/mol. The van der Waals surface area contributed by atoms with E-state index in [4.69, 9.17) is 5.73 Å². The van der Waals surface area contributed by atoms with E-state index >= 15 is 0 Å². The fraction of sp³-hybridized carbons (Fsp3) is 0.143. The van der Waals surface area contributed by atoms with Crippen LogP contribution < -0.4 is 5.73 Å². The second-order valence-electron chi connectivity index (χ2n) is 3.80. The maximum atomic E-state index is 10.6. The van der Waals surface area contributed by atoms with E-state index in [0.29, 0.717) is 0 Å². The van der Waals surface area contributed by atoms with E-state index in [0.717, 1.165) is 11.1 Å². The van der Waals surface area contributed by atoms with Crippen molar-refractivity contribution in [2.24, 2.45) is 5.73 Å². The summed E-state index contributed by atoms with van der Waals surface area (Å²) in [5, 5.41) is 10.6. The molecule has 0 aliphatic rings. The Morgan fingerprint density at radius 1 is 0.824 bits per heavy atom. The molecule has 17 heavy (non-hydrogen) atoms. The second-order valence-corrected chi connectivity index (χ2v) is 3.80. The number of hydrogen-bond donors (Lipinski definition) is 2. The molecule has 2 aromatic carbocycles. The summed E-state index contributed by atoms with van der Waals surface area (Å²) >= 11 is 0. The van der Waals surface area contributed by atoms with Gasteiger partial charge in [0.15, 0.2) is 0 Å². The summed E-state index contributed by atoms with van der Waals surface area (Å²) in [4.78, 5) is 0. The molecule has 3 heteroatoms. The minimum Gasteiger partial charge on any atom is -0.379 e. The predicted octanol–water partition coefficient (Wildman–Crippen LogP) is 2.30. The van der Waals surface area contributed by atoms with Crippen molar-refractivity contribution in [1.29, 1.82) is 0 Å². The molecule has 0 aliphatic carbocycles. The maximum absolute atomic E-state index is 10.6. The highest BCUT2D eigenvalue weighted by Gasteiger charge is 2.29. The van der Waals surface area contributed by atoms with Gasteiger partial charge < -0.3 is 10.8 Å². The summed E-state index contributed by atoms with van der Waals surface area (Å²) in [5.74, 6) is 0. The molecule has 0 unspecified atom stereocenters. The number of benzene rings is 2. The molecule has 0 saturated carbocycles. The molecule has 3 N–H and O–H groups in total. The summed E-state index contributed by atoms with van der Waals surface area (Å²) in [6.45, 7) is 0.168. The Balaban J connectivity index is 0.00000144. The van der Waals surface area contributed by atoms with Crippen LogP contribution in [0.25, 0.3) is 0 Å². The fourth-order valence-corrected chi connectivity index (χ4v) is 1.83. The third-order valence-corrected chi connectivity index (χ3v) is 2.80. The van der Waals surface area contributed by atoms with Crippen molar-refractivity contribution in [2.45, 2.75) is 5.60 Å². The van der Waals surface area contributed by atoms with Gasteiger partial charge in [-0.3, -0.25) is 0 Å². The molecule has 0 amide bonds. The monoisotopic (exact) mass is 249 g/mol. The maximum Gasteiger partial charge on any atom is 0.127 e. The summed E-state index contributed by atoms with van der Waals surface area (Å²) in [5.41, 5.74) is 6.27. The minimum atomic E-state index is -1.09. The van der Waals surface area contributed by atoms with Crippen LogP contribution in [0.5, 0.6) is 0 Å². The Morgan fingerprint density at radius 2 is 1.18 bits per heavy atom. The van der Waals surface area contributed by atoms with Gasteiger partial charge in [-0.25, -0.2) is 0 Å². The highest BCUT2D eigenvalue weighted by atomic mass is 35.5. The normalized spacial score (nSPS) is 10.7. The molecule has 0 aliphatic heterocycles. The Bertz CT molecular complexity index is 405. The van der Waals surface area contributed by atoms with E-state index in [1.165, 1.54) is 0 Å². The molecule has 0 saturated heterocycles. The molecule has 0 atom stereocenters. The highest BCUT2D eigenvalue weighted by Crippen LogP contribution is 2.27. The molecule has 2 aromatic rings. The zero-order valence-corrected chi connectivity index (χ0v) is 10.2. The lowest BCUT2D eigenvalue weighted by Crippen LogP contribution is -2.35. The summed E-state index contributed by atoms with van der Waals surface area (Å²) in [7, 11) is 0. The molecule has 2 nitrogen and oxygen atoms in total. The van der Waals surface area contributed by atoms with Gasteiger partial charge >= 0.3 is 0 Å². The van der Waals surface area contributed by atoms with E-state index in [1.807, 2.05) is 60.7 Å². The Hall–Kier alpha value is -1.35. The van der Waals surface area contributed by atoms with Gasteiger partial charge in [-0.2, -0.15) is 0 Å². The molecule has 0 radical (unpaired) electrons. The van der Waals surface area contributed by atoms with Crippen molar-refractivity contribution >= 4 is 12.4 Å². The SMILES string of the molecule is Cl.NCC(O)(c1ccccc1)c1ccccc1. The van der Waals surface area contributed by atoms with E-state index in [-0.39, 0.29) is 19.0 Å². The van der Waals surface area contributed by atoms with Gasteiger partial charge in [-0.1, -0.05) is 60.7 Å². The van der Waals surface area contributed by atoms with Gasteiger partial charge in [0.25, 0.3) is 0 Å². The Morgan fingerprint density at radius 3 is 1.47 bits per heavy atom. The zero-order chi connectivity index (χ0) is 11.4. The lowest BCUT2D eigenvalue weighted by molar-refractivity contribution is 0.0902. The fourth-order valence-electron chi connectivity index (χ4n) is 1.83. The summed E-state index contributed by atoms with van der Waals surface area (Å²) in [6, 6.07) is 19.0. The minimum absolute atomic E-state index is 0. The molecular weight excluding hydrogens is 234 g/mol. The van der Waals surface area contributed by atoms with Crippen molar-refractivity contribution < 1.29 is 5.11 Å². The number of halogens is 1. The molecule has 0 bridgehead atoms. The lowest BCUT2D eigenvalue weighted by atomic mass is 9.86. The quantitative estimate of drug-likeness (QED) is 0.877. The van der Waals surface area contributed by atoms with E-state index in [1.54, 1.807) is 0 Å². The van der Waals surface area contributed by atoms with Crippen LogP contribution in [-0.2, 0) is 5.60 Å². The first-order valence-electron chi connectivity index (χ1n) is 5.31. The number of aliphatic hydroxyl groups is 1. The van der Waals surface area contributed by atoms with Crippen molar-refractivity contribution in [3.8, 4) is 0 Å². The van der Waals surface area contributed by atoms with Crippen LogP contribution in [0.2, 0.25) is 0 Å². The van der Waals surface area contributed by atoms with Crippen LogP contribution in [0, 0.1) is 0 Å². The van der Waals surface area contributed by atoms with Gasteiger partial charge in [0.2, 0.25) is 0 Å². The van der Waals surface area contributed by atoms with Crippen LogP contribution in [0.15, 0.2) is 60.7 Å². The number of hydrogen-bond acceptors (Lipinski definition) is 2. The molecule has 90 valence electrons. The van der Waals surface area contributed by atoms with Crippen LogP contribution >= 0.6 is 12.4 Å². The molecule has 0 aromatic heterocycles. The first-order valence-corrected chi connectivity index (χ1v) is 5.31.